The summed E-state index contributed by atoms with van der Waals surface area (Å²) in [6.45, 7) is 9.29. The Morgan fingerprint density at radius 2 is 1.97 bits per heavy atom. The third kappa shape index (κ3) is 6.59. The zero-order valence-corrected chi connectivity index (χ0v) is 18.1. The molecule has 30 heavy (non-hydrogen) atoms. The lowest BCUT2D eigenvalue weighted by molar-refractivity contribution is -0.908. The minimum Gasteiger partial charge on any atom is -0.370 e. The first-order valence-corrected chi connectivity index (χ1v) is 11.0. The van der Waals surface area contributed by atoms with Crippen molar-refractivity contribution in [1.82, 2.24) is 4.90 Å². The van der Waals surface area contributed by atoms with Crippen LogP contribution >= 0.6 is 11.6 Å². The van der Waals surface area contributed by atoms with Crippen LogP contribution in [-0.4, -0.2) is 50.3 Å². The summed E-state index contributed by atoms with van der Waals surface area (Å²) in [7, 11) is 0. The molecule has 0 aliphatic carbocycles. The third-order valence-electron chi connectivity index (χ3n) is 5.41. The fourth-order valence-electron chi connectivity index (χ4n) is 3.84. The van der Waals surface area contributed by atoms with Gasteiger partial charge in [-0.25, -0.2) is 4.79 Å². The third-order valence-corrected chi connectivity index (χ3v) is 5.65. The second kappa shape index (κ2) is 11.7. The molecule has 1 fully saturated rings. The molecule has 0 spiro atoms. The summed E-state index contributed by atoms with van der Waals surface area (Å²) in [5.41, 5.74) is 1.80. The predicted molar refractivity (Wildman–Crippen MR) is 122 cm³/mol. The number of quaternary nitrogens is 1. The van der Waals surface area contributed by atoms with Crippen molar-refractivity contribution in [3.8, 4) is 0 Å². The highest BCUT2D eigenvalue weighted by Crippen LogP contribution is 2.28. The van der Waals surface area contributed by atoms with E-state index in [2.05, 4.69) is 11.9 Å². The largest absolute Gasteiger partial charge is 0.370 e. The van der Waals surface area contributed by atoms with Crippen LogP contribution in [0.15, 0.2) is 67.3 Å². The Morgan fingerprint density at radius 3 is 2.67 bits per heavy atom. The number of hydrogen-bond acceptors (Lipinski definition) is 2. The number of urea groups is 1. The van der Waals surface area contributed by atoms with Crippen LogP contribution in [-0.2, 0) is 4.74 Å². The van der Waals surface area contributed by atoms with E-state index >= 15 is 0 Å². The number of hydrogen-bond donors (Lipinski definition) is 2. The van der Waals surface area contributed by atoms with Crippen molar-refractivity contribution in [2.24, 2.45) is 0 Å². The molecule has 0 bridgehead atoms. The number of rotatable bonds is 9. The number of morpholine rings is 1. The summed E-state index contributed by atoms with van der Waals surface area (Å²) in [5.74, 6) is 0. The lowest BCUT2D eigenvalue weighted by Crippen LogP contribution is -3.14. The highest BCUT2D eigenvalue weighted by atomic mass is 35.5. The van der Waals surface area contributed by atoms with E-state index in [1.807, 2.05) is 65.6 Å². The van der Waals surface area contributed by atoms with Gasteiger partial charge in [-0.3, -0.25) is 0 Å². The molecular weight excluding hydrogens is 398 g/mol. The second-order valence-electron chi connectivity index (χ2n) is 7.55. The molecule has 2 aromatic rings. The molecule has 0 unspecified atom stereocenters. The van der Waals surface area contributed by atoms with Gasteiger partial charge in [0.05, 0.1) is 25.8 Å². The number of ether oxygens (including phenoxy) is 1. The molecule has 2 aromatic carbocycles. The standard InChI is InChI=1S/C24H30ClN3O2/c1-2-8-23(20-9-6-10-21(25)19-20)28(14-7-13-27-15-17-30-18-16-27)24(29)26-22-11-4-3-5-12-22/h2-6,9-12,19,23H,1,7-8,13-18H2,(H,26,29)/p+1/t23-/m0/s1. The molecule has 5 nitrogen and oxygen atoms in total. The quantitative estimate of drug-likeness (QED) is 0.597. The van der Waals surface area contributed by atoms with Gasteiger partial charge >= 0.3 is 6.03 Å². The van der Waals surface area contributed by atoms with E-state index in [0.29, 0.717) is 18.0 Å². The van der Waals surface area contributed by atoms with Gasteiger partial charge in [-0.1, -0.05) is 48.0 Å². The first-order valence-electron chi connectivity index (χ1n) is 10.6. The van der Waals surface area contributed by atoms with Crippen molar-refractivity contribution in [2.75, 3.05) is 44.7 Å². The molecule has 1 aliphatic rings. The fourth-order valence-corrected chi connectivity index (χ4v) is 4.04. The number of nitrogens with one attached hydrogen (secondary N) is 2. The molecule has 1 saturated heterocycles. The Hall–Kier alpha value is -2.34. The number of halogens is 1. The summed E-state index contributed by atoms with van der Waals surface area (Å²) in [4.78, 5) is 16.7. The number of amides is 2. The van der Waals surface area contributed by atoms with Gasteiger partial charge in [0.25, 0.3) is 0 Å². The van der Waals surface area contributed by atoms with E-state index < -0.39 is 0 Å². The highest BCUT2D eigenvalue weighted by Gasteiger charge is 2.25. The number of anilines is 1. The Kier molecular flexibility index (Phi) is 8.75. The van der Waals surface area contributed by atoms with Gasteiger partial charge in [0, 0.05) is 23.7 Å². The molecule has 1 heterocycles. The van der Waals surface area contributed by atoms with Gasteiger partial charge in [-0.15, -0.1) is 6.58 Å². The zero-order valence-electron chi connectivity index (χ0n) is 17.4. The molecule has 2 N–H and O–H groups in total. The van der Waals surface area contributed by atoms with Crippen molar-refractivity contribution in [2.45, 2.75) is 18.9 Å². The number of carbonyl (C=O) groups is 1. The van der Waals surface area contributed by atoms with E-state index in [1.54, 1.807) is 0 Å². The maximum absolute atomic E-state index is 13.3. The van der Waals surface area contributed by atoms with Crippen LogP contribution in [0.4, 0.5) is 10.5 Å². The molecule has 0 aromatic heterocycles. The summed E-state index contributed by atoms with van der Waals surface area (Å²) in [6, 6.07) is 17.1. The number of benzene rings is 2. The molecular formula is C24H31ClN3O2+. The first-order chi connectivity index (χ1) is 14.7. The van der Waals surface area contributed by atoms with E-state index in [1.165, 1.54) is 4.90 Å². The summed E-state index contributed by atoms with van der Waals surface area (Å²) < 4.78 is 5.45. The summed E-state index contributed by atoms with van der Waals surface area (Å²) in [6.07, 6.45) is 3.44. The van der Waals surface area contributed by atoms with Crippen LogP contribution in [0.3, 0.4) is 0 Å². The van der Waals surface area contributed by atoms with Gasteiger partial charge in [-0.2, -0.15) is 0 Å². The van der Waals surface area contributed by atoms with Crippen LogP contribution in [0.2, 0.25) is 5.02 Å². The second-order valence-corrected chi connectivity index (χ2v) is 7.99. The molecule has 1 aliphatic heterocycles. The first kappa shape index (κ1) is 22.3. The Labute approximate surface area is 184 Å². The molecule has 0 saturated carbocycles. The molecule has 3 rings (SSSR count). The fraction of sp³-hybridized carbons (Fsp3) is 0.375. The number of para-hydroxylation sites is 1. The van der Waals surface area contributed by atoms with Crippen LogP contribution < -0.4 is 10.2 Å². The predicted octanol–water partition coefficient (Wildman–Crippen LogP) is 3.80. The zero-order chi connectivity index (χ0) is 21.2. The Balaban J connectivity index is 1.76. The Morgan fingerprint density at radius 1 is 1.20 bits per heavy atom. The normalized spacial score (nSPS) is 15.4. The Bertz CT molecular complexity index is 809. The van der Waals surface area contributed by atoms with E-state index in [-0.39, 0.29) is 12.1 Å². The van der Waals surface area contributed by atoms with E-state index in [9.17, 15) is 4.79 Å². The van der Waals surface area contributed by atoms with E-state index in [4.69, 9.17) is 16.3 Å². The van der Waals surface area contributed by atoms with Gasteiger partial charge in [0.2, 0.25) is 0 Å². The smallest absolute Gasteiger partial charge is 0.322 e. The topological polar surface area (TPSA) is 46.0 Å². The van der Waals surface area contributed by atoms with Gasteiger partial charge in [-0.05, 0) is 36.2 Å². The average molecular weight is 429 g/mol. The van der Waals surface area contributed by atoms with Gasteiger partial charge in [0.1, 0.15) is 13.1 Å². The summed E-state index contributed by atoms with van der Waals surface area (Å²) >= 11 is 6.25. The van der Waals surface area contributed by atoms with Crippen LogP contribution in [0.5, 0.6) is 0 Å². The SMILES string of the molecule is C=CC[C@@H](c1cccc(Cl)c1)N(CCC[NH+]1CCOCC1)C(=O)Nc1ccccc1. The highest BCUT2D eigenvalue weighted by molar-refractivity contribution is 6.30. The molecule has 6 heteroatoms. The lowest BCUT2D eigenvalue weighted by Gasteiger charge is -2.33. The minimum absolute atomic E-state index is 0.106. The number of nitrogens with zero attached hydrogens (tertiary/aromatic N) is 1. The lowest BCUT2D eigenvalue weighted by atomic mass is 10.0. The molecule has 160 valence electrons. The maximum Gasteiger partial charge on any atom is 0.322 e. The van der Waals surface area contributed by atoms with Crippen LogP contribution in [0.1, 0.15) is 24.4 Å². The maximum atomic E-state index is 13.3. The van der Waals surface area contributed by atoms with Crippen LogP contribution in [0, 0.1) is 0 Å². The van der Waals surface area contributed by atoms with Crippen molar-refractivity contribution in [3.05, 3.63) is 77.8 Å². The monoisotopic (exact) mass is 428 g/mol. The van der Waals surface area contributed by atoms with Crippen molar-refractivity contribution in [3.63, 3.8) is 0 Å². The van der Waals surface area contributed by atoms with Gasteiger partial charge < -0.3 is 19.9 Å². The van der Waals surface area contributed by atoms with Crippen molar-refractivity contribution >= 4 is 23.3 Å². The number of carbonyl (C=O) groups excluding carboxylic acids is 1. The van der Waals surface area contributed by atoms with Gasteiger partial charge in [0.15, 0.2) is 0 Å². The van der Waals surface area contributed by atoms with Crippen molar-refractivity contribution in [1.29, 1.82) is 0 Å². The molecule has 1 atom stereocenters. The average Bonchev–Trinajstić information content (AvgIpc) is 2.77. The van der Waals surface area contributed by atoms with E-state index in [0.717, 1.165) is 50.5 Å². The minimum atomic E-state index is -0.121. The molecule has 0 radical (unpaired) electrons. The molecule has 2 amide bonds. The van der Waals surface area contributed by atoms with Crippen LogP contribution in [0.25, 0.3) is 0 Å². The van der Waals surface area contributed by atoms with Crippen molar-refractivity contribution < 1.29 is 14.4 Å². The summed E-state index contributed by atoms with van der Waals surface area (Å²) in [5, 5.41) is 3.72.